The highest BCUT2D eigenvalue weighted by Crippen LogP contribution is 2.28. The molecule has 0 saturated carbocycles. The molecule has 2 heterocycles. The summed E-state index contributed by atoms with van der Waals surface area (Å²) in [6.07, 6.45) is 1.01. The van der Waals surface area contributed by atoms with Gasteiger partial charge in [0.05, 0.1) is 23.3 Å². The van der Waals surface area contributed by atoms with Crippen LogP contribution in [0, 0.1) is 11.6 Å². The van der Waals surface area contributed by atoms with Crippen LogP contribution in [0.3, 0.4) is 0 Å². The second-order valence-electron chi connectivity index (χ2n) is 6.06. The number of nitrogen functional groups attached to an aromatic ring is 1. The minimum atomic E-state index is -0.621. The molecule has 0 fully saturated rings. The summed E-state index contributed by atoms with van der Waals surface area (Å²) in [4.78, 5) is 12.1. The van der Waals surface area contributed by atoms with Crippen LogP contribution in [0.2, 0.25) is 0 Å². The van der Waals surface area contributed by atoms with E-state index in [-0.39, 0.29) is 17.6 Å². The second kappa shape index (κ2) is 6.64. The minimum absolute atomic E-state index is 0.0205. The fourth-order valence-corrected chi connectivity index (χ4v) is 2.96. The Labute approximate surface area is 153 Å². The number of rotatable bonds is 4. The lowest BCUT2D eigenvalue weighted by atomic mass is 10.2. The summed E-state index contributed by atoms with van der Waals surface area (Å²) in [5.74, 6) is -0.457. The average Bonchev–Trinajstić information content (AvgIpc) is 3.04. The summed E-state index contributed by atoms with van der Waals surface area (Å²) >= 11 is 0. The van der Waals surface area contributed by atoms with E-state index in [0.717, 1.165) is 11.9 Å². The van der Waals surface area contributed by atoms with E-state index >= 15 is 0 Å². The Morgan fingerprint density at radius 2 is 1.85 bits per heavy atom. The molecule has 1 unspecified atom stereocenters. The van der Waals surface area contributed by atoms with E-state index in [1.807, 2.05) is 41.8 Å². The van der Waals surface area contributed by atoms with Crippen molar-refractivity contribution in [2.45, 2.75) is 13.0 Å². The SMILES string of the molecule is CC(Nc1nc(N)ncc1F)c1nc2ccc(F)cc2n1-c1ccccc1. The van der Waals surface area contributed by atoms with Crippen LogP contribution in [0.4, 0.5) is 20.5 Å². The molecule has 2 aromatic heterocycles. The average molecular weight is 366 g/mol. The molecule has 0 aliphatic rings. The quantitative estimate of drug-likeness (QED) is 0.573. The summed E-state index contributed by atoms with van der Waals surface area (Å²) in [6, 6.07) is 13.4. The zero-order valence-electron chi connectivity index (χ0n) is 14.4. The van der Waals surface area contributed by atoms with Gasteiger partial charge in [0.25, 0.3) is 0 Å². The molecule has 136 valence electrons. The summed E-state index contributed by atoms with van der Waals surface area (Å²) in [7, 11) is 0. The van der Waals surface area contributed by atoms with Gasteiger partial charge in [0.2, 0.25) is 5.95 Å². The van der Waals surface area contributed by atoms with Crippen molar-refractivity contribution in [3.8, 4) is 5.69 Å². The van der Waals surface area contributed by atoms with E-state index in [0.29, 0.717) is 16.9 Å². The Kier molecular flexibility index (Phi) is 4.15. The highest BCUT2D eigenvalue weighted by Gasteiger charge is 2.20. The molecular formula is C19H16F2N6. The maximum Gasteiger partial charge on any atom is 0.222 e. The maximum atomic E-state index is 14.0. The number of para-hydroxylation sites is 1. The number of aromatic nitrogens is 4. The van der Waals surface area contributed by atoms with Crippen LogP contribution in [-0.4, -0.2) is 19.5 Å². The molecule has 0 aliphatic carbocycles. The predicted octanol–water partition coefficient (Wildman–Crippen LogP) is 3.85. The van der Waals surface area contributed by atoms with Gasteiger partial charge in [-0.25, -0.2) is 18.7 Å². The van der Waals surface area contributed by atoms with Crippen molar-refractivity contribution in [3.63, 3.8) is 0 Å². The van der Waals surface area contributed by atoms with Gasteiger partial charge < -0.3 is 11.1 Å². The molecule has 0 bridgehead atoms. The summed E-state index contributed by atoms with van der Waals surface area (Å²) in [5, 5.41) is 2.97. The molecule has 4 rings (SSSR count). The predicted molar refractivity (Wildman–Crippen MR) is 99.5 cm³/mol. The van der Waals surface area contributed by atoms with Crippen molar-refractivity contribution in [2.24, 2.45) is 0 Å². The molecule has 0 spiro atoms. The monoisotopic (exact) mass is 366 g/mol. The molecule has 0 saturated heterocycles. The molecule has 6 nitrogen and oxygen atoms in total. The number of benzene rings is 2. The fourth-order valence-electron chi connectivity index (χ4n) is 2.96. The van der Waals surface area contributed by atoms with E-state index in [9.17, 15) is 8.78 Å². The molecule has 2 aromatic carbocycles. The van der Waals surface area contributed by atoms with Gasteiger partial charge in [-0.15, -0.1) is 0 Å². The van der Waals surface area contributed by atoms with Gasteiger partial charge in [-0.3, -0.25) is 4.57 Å². The van der Waals surface area contributed by atoms with Crippen molar-refractivity contribution < 1.29 is 8.78 Å². The fraction of sp³-hybridized carbons (Fsp3) is 0.105. The van der Waals surface area contributed by atoms with Crippen LogP contribution in [0.25, 0.3) is 16.7 Å². The Balaban J connectivity index is 1.84. The lowest BCUT2D eigenvalue weighted by Crippen LogP contribution is -2.15. The first-order valence-corrected chi connectivity index (χ1v) is 8.31. The van der Waals surface area contributed by atoms with E-state index in [1.165, 1.54) is 12.1 Å². The molecule has 8 heteroatoms. The third kappa shape index (κ3) is 3.17. The number of fused-ring (bicyclic) bond motifs is 1. The summed E-state index contributed by atoms with van der Waals surface area (Å²) in [5.41, 5.74) is 7.62. The van der Waals surface area contributed by atoms with Crippen molar-refractivity contribution in [1.82, 2.24) is 19.5 Å². The van der Waals surface area contributed by atoms with Crippen LogP contribution in [-0.2, 0) is 0 Å². The highest BCUT2D eigenvalue weighted by molar-refractivity contribution is 5.78. The van der Waals surface area contributed by atoms with Crippen LogP contribution in [0.5, 0.6) is 0 Å². The van der Waals surface area contributed by atoms with Gasteiger partial charge in [0.15, 0.2) is 11.6 Å². The summed E-state index contributed by atoms with van der Waals surface area (Å²) in [6.45, 7) is 1.81. The zero-order chi connectivity index (χ0) is 19.0. The highest BCUT2D eigenvalue weighted by atomic mass is 19.1. The third-order valence-corrected chi connectivity index (χ3v) is 4.16. The number of nitrogens with one attached hydrogen (secondary N) is 1. The molecule has 0 amide bonds. The van der Waals surface area contributed by atoms with E-state index < -0.39 is 11.9 Å². The molecule has 0 aliphatic heterocycles. The number of nitrogens with two attached hydrogens (primary N) is 1. The first-order chi connectivity index (χ1) is 13.0. The number of hydrogen-bond acceptors (Lipinski definition) is 5. The molecule has 0 radical (unpaired) electrons. The van der Waals surface area contributed by atoms with Gasteiger partial charge in [0.1, 0.15) is 11.6 Å². The molecule has 3 N–H and O–H groups in total. The normalized spacial score (nSPS) is 12.3. The Morgan fingerprint density at radius 1 is 1.07 bits per heavy atom. The Morgan fingerprint density at radius 3 is 2.63 bits per heavy atom. The van der Waals surface area contributed by atoms with Gasteiger partial charge in [-0.2, -0.15) is 4.98 Å². The molecular weight excluding hydrogens is 350 g/mol. The van der Waals surface area contributed by atoms with Crippen LogP contribution >= 0.6 is 0 Å². The van der Waals surface area contributed by atoms with Crippen molar-refractivity contribution in [3.05, 3.63) is 72.2 Å². The number of hydrogen-bond donors (Lipinski definition) is 2. The lowest BCUT2D eigenvalue weighted by molar-refractivity contribution is 0.612. The van der Waals surface area contributed by atoms with Gasteiger partial charge >= 0.3 is 0 Å². The van der Waals surface area contributed by atoms with Crippen LogP contribution < -0.4 is 11.1 Å². The van der Waals surface area contributed by atoms with Crippen molar-refractivity contribution in [2.75, 3.05) is 11.1 Å². The number of halogens is 2. The van der Waals surface area contributed by atoms with Crippen molar-refractivity contribution in [1.29, 1.82) is 0 Å². The standard InChI is InChI=1S/C19H16F2N6/c1-11(24-17-14(21)10-23-19(22)26-17)18-25-15-8-7-12(20)9-16(15)27(18)13-5-3-2-4-6-13/h2-11H,1H3,(H3,22,23,24,26). The third-order valence-electron chi connectivity index (χ3n) is 4.16. The Bertz CT molecular complexity index is 1110. The molecule has 27 heavy (non-hydrogen) atoms. The van der Waals surface area contributed by atoms with Crippen LogP contribution in [0.15, 0.2) is 54.7 Å². The van der Waals surface area contributed by atoms with E-state index in [4.69, 9.17) is 5.73 Å². The topological polar surface area (TPSA) is 81.7 Å². The lowest BCUT2D eigenvalue weighted by Gasteiger charge is -2.17. The van der Waals surface area contributed by atoms with E-state index in [2.05, 4.69) is 20.3 Å². The first kappa shape index (κ1) is 16.9. The van der Waals surface area contributed by atoms with E-state index in [1.54, 1.807) is 6.07 Å². The smallest absolute Gasteiger partial charge is 0.222 e. The maximum absolute atomic E-state index is 14.0. The molecule has 4 aromatic rings. The van der Waals surface area contributed by atoms with Gasteiger partial charge in [-0.05, 0) is 31.2 Å². The number of nitrogens with zero attached hydrogens (tertiary/aromatic N) is 4. The largest absolute Gasteiger partial charge is 0.368 e. The molecule has 1 atom stereocenters. The van der Waals surface area contributed by atoms with Crippen molar-refractivity contribution >= 4 is 22.8 Å². The number of imidazole rings is 1. The summed E-state index contributed by atoms with van der Waals surface area (Å²) < 4.78 is 29.7. The minimum Gasteiger partial charge on any atom is -0.368 e. The van der Waals surface area contributed by atoms with Gasteiger partial charge in [0, 0.05) is 11.8 Å². The first-order valence-electron chi connectivity index (χ1n) is 8.31. The van der Waals surface area contributed by atoms with Crippen LogP contribution in [0.1, 0.15) is 18.8 Å². The number of anilines is 2. The Hall–Kier alpha value is -3.55. The van der Waals surface area contributed by atoms with Gasteiger partial charge in [-0.1, -0.05) is 18.2 Å². The second-order valence-corrected chi connectivity index (χ2v) is 6.06. The zero-order valence-corrected chi connectivity index (χ0v) is 14.4.